The molecule has 0 bridgehead atoms. The maximum absolute atomic E-state index is 14.3. The number of halogens is 1. The van der Waals surface area contributed by atoms with Gasteiger partial charge in [0.1, 0.15) is 23.9 Å². The van der Waals surface area contributed by atoms with Gasteiger partial charge in [-0.1, -0.05) is 12.1 Å². The van der Waals surface area contributed by atoms with Gasteiger partial charge < -0.3 is 18.8 Å². The third kappa shape index (κ3) is 3.71. The van der Waals surface area contributed by atoms with E-state index in [2.05, 4.69) is 0 Å². The van der Waals surface area contributed by atoms with E-state index in [0.29, 0.717) is 17.8 Å². The minimum Gasteiger partial charge on any atom is -0.497 e. The second-order valence-corrected chi connectivity index (χ2v) is 7.41. The van der Waals surface area contributed by atoms with Gasteiger partial charge in [0.2, 0.25) is 0 Å². The summed E-state index contributed by atoms with van der Waals surface area (Å²) < 4.78 is 37.2. The molecule has 0 amide bonds. The van der Waals surface area contributed by atoms with E-state index in [9.17, 15) is 4.39 Å². The van der Waals surface area contributed by atoms with Crippen molar-refractivity contribution in [3.63, 3.8) is 0 Å². The van der Waals surface area contributed by atoms with Gasteiger partial charge in [0.15, 0.2) is 0 Å². The highest BCUT2D eigenvalue weighted by molar-refractivity contribution is 6.62. The quantitative estimate of drug-likeness (QED) is 0.764. The first-order valence-electron chi connectivity index (χ1n) is 8.63. The summed E-state index contributed by atoms with van der Waals surface area (Å²) in [7, 11) is 0.867. The number of benzene rings is 2. The fourth-order valence-electron chi connectivity index (χ4n) is 2.65. The average Bonchev–Trinajstić information content (AvgIpc) is 2.82. The Hall–Kier alpha value is -2.05. The lowest BCUT2D eigenvalue weighted by Gasteiger charge is -2.32. The van der Waals surface area contributed by atoms with Gasteiger partial charge in [0, 0.05) is 5.46 Å². The van der Waals surface area contributed by atoms with E-state index in [-0.39, 0.29) is 5.82 Å². The Morgan fingerprint density at radius 2 is 1.50 bits per heavy atom. The van der Waals surface area contributed by atoms with Crippen molar-refractivity contribution in [1.29, 1.82) is 0 Å². The fraction of sp³-hybridized carbons (Fsp3) is 0.400. The molecular formula is C20H24BFO4. The van der Waals surface area contributed by atoms with Gasteiger partial charge in [0.25, 0.3) is 0 Å². The van der Waals surface area contributed by atoms with E-state index in [1.54, 1.807) is 19.2 Å². The molecule has 0 spiro atoms. The molecule has 1 saturated heterocycles. The van der Waals surface area contributed by atoms with Crippen LogP contribution in [0.25, 0.3) is 0 Å². The molecule has 1 fully saturated rings. The average molecular weight is 358 g/mol. The lowest BCUT2D eigenvalue weighted by Crippen LogP contribution is -2.41. The zero-order chi connectivity index (χ0) is 18.9. The van der Waals surface area contributed by atoms with E-state index in [4.69, 9.17) is 18.8 Å². The van der Waals surface area contributed by atoms with Crippen LogP contribution >= 0.6 is 0 Å². The molecule has 4 nitrogen and oxygen atoms in total. The maximum atomic E-state index is 14.3. The Bertz CT molecular complexity index is 758. The topological polar surface area (TPSA) is 36.9 Å². The molecule has 3 rings (SSSR count). The molecule has 0 N–H and O–H groups in total. The summed E-state index contributed by atoms with van der Waals surface area (Å²) in [5, 5.41) is 0. The summed E-state index contributed by atoms with van der Waals surface area (Å²) in [6.07, 6.45) is 0. The van der Waals surface area contributed by atoms with E-state index in [1.165, 1.54) is 6.07 Å². The van der Waals surface area contributed by atoms with Crippen LogP contribution in [0.4, 0.5) is 4.39 Å². The van der Waals surface area contributed by atoms with E-state index >= 15 is 0 Å². The summed E-state index contributed by atoms with van der Waals surface area (Å²) in [6, 6.07) is 12.2. The SMILES string of the molecule is COc1ccc(COc2ccc(F)c(B3OC(C)(C)C(C)(C)O3)c2)cc1. The van der Waals surface area contributed by atoms with Gasteiger partial charge in [0.05, 0.1) is 18.3 Å². The molecule has 0 radical (unpaired) electrons. The van der Waals surface area contributed by atoms with Gasteiger partial charge in [-0.2, -0.15) is 0 Å². The summed E-state index contributed by atoms with van der Waals surface area (Å²) in [5.74, 6) is 0.978. The van der Waals surface area contributed by atoms with Crippen LogP contribution in [-0.2, 0) is 15.9 Å². The van der Waals surface area contributed by atoms with Crippen LogP contribution in [0.15, 0.2) is 42.5 Å². The summed E-state index contributed by atoms with van der Waals surface area (Å²) >= 11 is 0. The van der Waals surface area contributed by atoms with Crippen molar-refractivity contribution in [2.45, 2.75) is 45.5 Å². The number of ether oxygens (including phenoxy) is 2. The first kappa shape index (κ1) is 18.7. The predicted octanol–water partition coefficient (Wildman–Crippen LogP) is 3.71. The highest BCUT2D eigenvalue weighted by atomic mass is 19.1. The molecule has 138 valence electrons. The molecule has 26 heavy (non-hydrogen) atoms. The van der Waals surface area contributed by atoms with Crippen molar-refractivity contribution < 1.29 is 23.2 Å². The predicted molar refractivity (Wildman–Crippen MR) is 99.4 cm³/mol. The van der Waals surface area contributed by atoms with Crippen molar-refractivity contribution in [1.82, 2.24) is 0 Å². The molecule has 2 aromatic rings. The van der Waals surface area contributed by atoms with Crippen molar-refractivity contribution >= 4 is 12.6 Å². The summed E-state index contributed by atoms with van der Waals surface area (Å²) in [5.41, 5.74) is 0.289. The Kier molecular flexibility index (Phi) is 4.99. The van der Waals surface area contributed by atoms with Crippen LogP contribution in [0.2, 0.25) is 0 Å². The van der Waals surface area contributed by atoms with Crippen LogP contribution in [0.3, 0.4) is 0 Å². The third-order valence-electron chi connectivity index (χ3n) is 5.04. The molecule has 0 aromatic heterocycles. The Morgan fingerprint density at radius 3 is 2.08 bits per heavy atom. The molecule has 0 aliphatic carbocycles. The van der Waals surface area contributed by atoms with E-state index in [0.717, 1.165) is 11.3 Å². The van der Waals surface area contributed by atoms with Gasteiger partial charge >= 0.3 is 7.12 Å². The standard InChI is InChI=1S/C20H24BFO4/c1-19(2)20(3,4)26-21(25-19)17-12-16(10-11-18(17)22)24-13-14-6-8-15(23-5)9-7-14/h6-12H,13H2,1-5H3. The van der Waals surface area contributed by atoms with Crippen molar-refractivity contribution in [2.24, 2.45) is 0 Å². The van der Waals surface area contributed by atoms with Crippen molar-refractivity contribution in [2.75, 3.05) is 7.11 Å². The van der Waals surface area contributed by atoms with Gasteiger partial charge in [-0.25, -0.2) is 4.39 Å². The second-order valence-electron chi connectivity index (χ2n) is 7.41. The van der Waals surface area contributed by atoms with Crippen LogP contribution in [0, 0.1) is 5.82 Å². The van der Waals surface area contributed by atoms with Gasteiger partial charge in [-0.05, 0) is 63.6 Å². The molecule has 6 heteroatoms. The number of hydrogen-bond donors (Lipinski definition) is 0. The molecule has 0 saturated carbocycles. The summed E-state index contributed by atoms with van der Waals surface area (Å²) in [4.78, 5) is 0. The van der Waals surface area contributed by atoms with Crippen LogP contribution in [0.5, 0.6) is 11.5 Å². The Morgan fingerprint density at radius 1 is 0.923 bits per heavy atom. The molecule has 1 heterocycles. The second kappa shape index (κ2) is 6.93. The van der Waals surface area contributed by atoms with Crippen LogP contribution in [-0.4, -0.2) is 25.4 Å². The number of rotatable bonds is 5. The lowest BCUT2D eigenvalue weighted by molar-refractivity contribution is 0.00578. The van der Waals surface area contributed by atoms with Crippen LogP contribution < -0.4 is 14.9 Å². The molecular weight excluding hydrogens is 334 g/mol. The molecule has 1 aliphatic heterocycles. The van der Waals surface area contributed by atoms with E-state index < -0.39 is 18.3 Å². The lowest BCUT2D eigenvalue weighted by atomic mass is 9.78. The van der Waals surface area contributed by atoms with Crippen molar-refractivity contribution in [3.05, 3.63) is 53.8 Å². The number of hydrogen-bond acceptors (Lipinski definition) is 4. The minimum atomic E-state index is -0.760. The Balaban J connectivity index is 1.73. The Labute approximate surface area is 154 Å². The maximum Gasteiger partial charge on any atom is 0.497 e. The molecule has 2 aromatic carbocycles. The zero-order valence-corrected chi connectivity index (χ0v) is 15.8. The summed E-state index contributed by atoms with van der Waals surface area (Å²) in [6.45, 7) is 8.13. The molecule has 0 unspecified atom stereocenters. The van der Waals surface area contributed by atoms with Crippen molar-refractivity contribution in [3.8, 4) is 11.5 Å². The van der Waals surface area contributed by atoms with Gasteiger partial charge in [-0.15, -0.1) is 0 Å². The third-order valence-corrected chi connectivity index (χ3v) is 5.04. The highest BCUT2D eigenvalue weighted by Crippen LogP contribution is 2.36. The first-order chi connectivity index (χ1) is 12.2. The monoisotopic (exact) mass is 358 g/mol. The largest absolute Gasteiger partial charge is 0.497 e. The number of methoxy groups -OCH3 is 1. The molecule has 0 atom stereocenters. The van der Waals surface area contributed by atoms with Gasteiger partial charge in [-0.3, -0.25) is 0 Å². The smallest absolute Gasteiger partial charge is 0.497 e. The van der Waals surface area contributed by atoms with E-state index in [1.807, 2.05) is 52.0 Å². The fourth-order valence-corrected chi connectivity index (χ4v) is 2.65. The highest BCUT2D eigenvalue weighted by Gasteiger charge is 2.52. The minimum absolute atomic E-state index is 0.343. The zero-order valence-electron chi connectivity index (χ0n) is 15.8. The normalized spacial score (nSPS) is 18.0. The molecule has 1 aliphatic rings. The first-order valence-corrected chi connectivity index (χ1v) is 8.63. The van der Waals surface area contributed by atoms with Crippen LogP contribution in [0.1, 0.15) is 33.3 Å².